The Labute approximate surface area is 89.2 Å². The molecule has 0 spiro atoms. The van der Waals surface area contributed by atoms with Gasteiger partial charge in [-0.15, -0.1) is 11.3 Å². The fourth-order valence-corrected chi connectivity index (χ4v) is 3.30. The molecular weight excluding hydrogens is 250 g/mol. The minimum atomic E-state index is -3.90. The van der Waals surface area contributed by atoms with Crippen LogP contribution in [0.5, 0.6) is 0 Å². The molecule has 0 aromatic carbocycles. The first-order valence-electron chi connectivity index (χ1n) is 3.30. The van der Waals surface area contributed by atoms with Crippen LogP contribution in [0.2, 0.25) is 5.02 Å². The number of thiophene rings is 1. The molecule has 0 aliphatic heterocycles. The smallest absolute Gasteiger partial charge is 0.347 e. The highest BCUT2D eigenvalue weighted by Crippen LogP contribution is 2.34. The zero-order valence-corrected chi connectivity index (χ0v) is 9.33. The van der Waals surface area contributed by atoms with Crippen LogP contribution in [0.1, 0.15) is 15.2 Å². The number of hydrogen-bond acceptors (Lipinski definition) is 4. The number of nitrogens with two attached hydrogens (primary N) is 1. The Kier molecular flexibility index (Phi) is 2.86. The number of carboxylic acids is 1. The molecule has 0 amide bonds. The first-order valence-corrected chi connectivity index (χ1v) is 6.04. The third-order valence-corrected chi connectivity index (χ3v) is 4.91. The predicted octanol–water partition coefficient (Wildman–Crippen LogP) is 1.06. The molecule has 1 aromatic heterocycles. The number of hydrogen-bond donors (Lipinski definition) is 2. The highest BCUT2D eigenvalue weighted by molar-refractivity contribution is 7.91. The molecule has 0 radical (unpaired) electrons. The Morgan fingerprint density at radius 2 is 2.07 bits per heavy atom. The quantitative estimate of drug-likeness (QED) is 0.825. The highest BCUT2D eigenvalue weighted by atomic mass is 35.5. The van der Waals surface area contributed by atoms with Gasteiger partial charge in [0.2, 0.25) is 10.0 Å². The van der Waals surface area contributed by atoms with Gasteiger partial charge in [0, 0.05) is 0 Å². The molecule has 78 valence electrons. The predicted molar refractivity (Wildman–Crippen MR) is 52.4 cm³/mol. The third-order valence-electron chi connectivity index (χ3n) is 1.48. The summed E-state index contributed by atoms with van der Waals surface area (Å²) in [5.74, 6) is -1.27. The van der Waals surface area contributed by atoms with E-state index < -0.39 is 16.0 Å². The average molecular weight is 256 g/mol. The number of aromatic carboxylic acids is 1. The third kappa shape index (κ3) is 1.90. The summed E-state index contributed by atoms with van der Waals surface area (Å²) in [6, 6.07) is 0. The second-order valence-corrected chi connectivity index (χ2v) is 5.66. The molecule has 0 unspecified atom stereocenters. The largest absolute Gasteiger partial charge is 0.477 e. The maximum absolute atomic E-state index is 11.0. The molecule has 0 bridgehead atoms. The van der Waals surface area contributed by atoms with E-state index in [-0.39, 0.29) is 19.7 Å². The number of carbonyl (C=O) groups is 1. The van der Waals surface area contributed by atoms with Gasteiger partial charge in [-0.05, 0) is 12.5 Å². The molecule has 0 aliphatic carbocycles. The van der Waals surface area contributed by atoms with Gasteiger partial charge >= 0.3 is 5.97 Å². The van der Waals surface area contributed by atoms with Crippen LogP contribution in [0.25, 0.3) is 0 Å². The van der Waals surface area contributed by atoms with Crippen LogP contribution in [-0.4, -0.2) is 19.5 Å². The number of sulfonamides is 1. The number of halogens is 1. The van der Waals surface area contributed by atoms with Gasteiger partial charge in [0.05, 0.1) is 5.02 Å². The number of carboxylic acid groups (broad SMARTS) is 1. The van der Waals surface area contributed by atoms with Crippen molar-refractivity contribution in [2.45, 2.75) is 11.1 Å². The van der Waals surface area contributed by atoms with Gasteiger partial charge in [0.1, 0.15) is 9.09 Å². The first-order chi connectivity index (χ1) is 6.25. The van der Waals surface area contributed by atoms with Gasteiger partial charge in [-0.1, -0.05) is 11.6 Å². The molecular formula is C6H6ClNO4S2. The number of primary sulfonamides is 1. The molecule has 0 fully saturated rings. The SMILES string of the molecule is Cc1c(S(N)(=O)=O)sc(C(=O)O)c1Cl. The van der Waals surface area contributed by atoms with Gasteiger partial charge in [-0.3, -0.25) is 0 Å². The Bertz CT molecular complexity index is 490. The molecule has 3 N–H and O–H groups in total. The van der Waals surface area contributed by atoms with Gasteiger partial charge in [0.15, 0.2) is 0 Å². The van der Waals surface area contributed by atoms with Crippen LogP contribution >= 0.6 is 22.9 Å². The number of rotatable bonds is 2. The van der Waals surface area contributed by atoms with Gasteiger partial charge in [0.25, 0.3) is 0 Å². The zero-order chi connectivity index (χ0) is 11.1. The molecule has 8 heteroatoms. The Morgan fingerprint density at radius 1 is 1.57 bits per heavy atom. The van der Waals surface area contributed by atoms with Crippen molar-refractivity contribution < 1.29 is 18.3 Å². The van der Waals surface area contributed by atoms with Crippen LogP contribution in [0, 0.1) is 6.92 Å². The normalized spacial score (nSPS) is 11.6. The van der Waals surface area contributed by atoms with Crippen LogP contribution in [0.15, 0.2) is 4.21 Å². The second-order valence-electron chi connectivity index (χ2n) is 2.51. The lowest BCUT2D eigenvalue weighted by molar-refractivity contribution is 0.0702. The van der Waals surface area contributed by atoms with E-state index in [1.807, 2.05) is 0 Å². The molecule has 0 saturated heterocycles. The topological polar surface area (TPSA) is 97.5 Å². The fraction of sp³-hybridized carbons (Fsp3) is 0.167. The highest BCUT2D eigenvalue weighted by Gasteiger charge is 2.24. The lowest BCUT2D eigenvalue weighted by atomic mass is 10.3. The van der Waals surface area contributed by atoms with Gasteiger partial charge in [-0.25, -0.2) is 18.4 Å². The molecule has 1 aromatic rings. The van der Waals surface area contributed by atoms with E-state index in [2.05, 4.69) is 0 Å². The van der Waals surface area contributed by atoms with Crippen LogP contribution in [0.4, 0.5) is 0 Å². The van der Waals surface area contributed by atoms with E-state index in [1.165, 1.54) is 6.92 Å². The van der Waals surface area contributed by atoms with Crippen molar-refractivity contribution in [1.82, 2.24) is 0 Å². The van der Waals surface area contributed by atoms with Crippen molar-refractivity contribution in [2.24, 2.45) is 5.14 Å². The van der Waals surface area contributed by atoms with E-state index in [1.54, 1.807) is 0 Å². The molecule has 0 saturated carbocycles. The van der Waals surface area contributed by atoms with Crippen molar-refractivity contribution in [2.75, 3.05) is 0 Å². The molecule has 5 nitrogen and oxygen atoms in total. The van der Waals surface area contributed by atoms with Gasteiger partial charge in [-0.2, -0.15) is 0 Å². The molecule has 14 heavy (non-hydrogen) atoms. The van der Waals surface area contributed by atoms with Crippen LogP contribution < -0.4 is 5.14 Å². The minimum absolute atomic E-state index is 0.0773. The molecule has 1 heterocycles. The van der Waals surface area contributed by atoms with Crippen molar-refractivity contribution >= 4 is 38.9 Å². The summed E-state index contributed by atoms with van der Waals surface area (Å²) < 4.78 is 21.7. The van der Waals surface area contributed by atoms with Crippen molar-refractivity contribution in [1.29, 1.82) is 0 Å². The first kappa shape index (κ1) is 11.4. The zero-order valence-electron chi connectivity index (χ0n) is 6.94. The maximum atomic E-state index is 11.0. The van der Waals surface area contributed by atoms with E-state index >= 15 is 0 Å². The summed E-state index contributed by atoms with van der Waals surface area (Å²) in [7, 11) is -3.90. The summed E-state index contributed by atoms with van der Waals surface area (Å²) in [6.45, 7) is 1.41. The van der Waals surface area contributed by atoms with E-state index in [9.17, 15) is 13.2 Å². The Morgan fingerprint density at radius 3 is 2.29 bits per heavy atom. The van der Waals surface area contributed by atoms with Crippen molar-refractivity contribution in [3.05, 3.63) is 15.5 Å². The Balaban J connectivity index is 3.52. The summed E-state index contributed by atoms with van der Waals surface area (Å²) in [5.41, 5.74) is 0.177. The molecule has 0 atom stereocenters. The lowest BCUT2D eigenvalue weighted by Crippen LogP contribution is -2.11. The fourth-order valence-electron chi connectivity index (χ4n) is 0.883. The summed E-state index contributed by atoms with van der Waals surface area (Å²) in [4.78, 5) is 10.4. The lowest BCUT2D eigenvalue weighted by Gasteiger charge is -1.93. The van der Waals surface area contributed by atoms with Crippen molar-refractivity contribution in [3.63, 3.8) is 0 Å². The van der Waals surface area contributed by atoms with Gasteiger partial charge < -0.3 is 5.11 Å². The van der Waals surface area contributed by atoms with Crippen molar-refractivity contribution in [3.8, 4) is 0 Å². The summed E-state index contributed by atoms with van der Waals surface area (Å²) in [6.07, 6.45) is 0. The van der Waals surface area contributed by atoms with Crippen LogP contribution in [0.3, 0.4) is 0 Å². The maximum Gasteiger partial charge on any atom is 0.347 e. The molecule has 1 rings (SSSR count). The van der Waals surface area contributed by atoms with E-state index in [4.69, 9.17) is 21.8 Å². The summed E-state index contributed by atoms with van der Waals surface area (Å²) in [5, 5.41) is 13.5. The van der Waals surface area contributed by atoms with E-state index in [0.717, 1.165) is 0 Å². The minimum Gasteiger partial charge on any atom is -0.477 e. The average Bonchev–Trinajstić information content (AvgIpc) is 2.28. The second kappa shape index (κ2) is 3.50. The summed E-state index contributed by atoms with van der Waals surface area (Å²) >= 11 is 6.18. The monoisotopic (exact) mass is 255 g/mol. The van der Waals surface area contributed by atoms with Crippen LogP contribution in [-0.2, 0) is 10.0 Å². The Hall–Kier alpha value is -0.630. The molecule has 0 aliphatic rings. The standard InChI is InChI=1S/C6H6ClNO4S2/c1-2-3(7)4(5(9)10)13-6(2)14(8,11)12/h1H3,(H,9,10)(H2,8,11,12). The van der Waals surface area contributed by atoms with E-state index in [0.29, 0.717) is 11.3 Å².